The molecule has 1 aliphatic heterocycles. The number of hydrogen-bond acceptors (Lipinski definition) is 5. The summed E-state index contributed by atoms with van der Waals surface area (Å²) in [6.45, 7) is 6.93. The molecule has 0 bridgehead atoms. The number of halogens is 1. The molecule has 0 amide bonds. The quantitative estimate of drug-likeness (QED) is 0.446. The van der Waals surface area contributed by atoms with Crippen molar-refractivity contribution < 1.29 is 14.2 Å². The van der Waals surface area contributed by atoms with Crippen LogP contribution in [-0.4, -0.2) is 32.9 Å². The van der Waals surface area contributed by atoms with E-state index in [0.717, 1.165) is 65.3 Å². The van der Waals surface area contributed by atoms with E-state index in [2.05, 4.69) is 28.4 Å². The fraction of sp³-hybridized carbons (Fsp3) is 0.308. The van der Waals surface area contributed by atoms with Crippen molar-refractivity contribution in [1.82, 2.24) is 0 Å². The Hall–Kier alpha value is -2.89. The summed E-state index contributed by atoms with van der Waals surface area (Å²) in [5, 5.41) is 4.20. The van der Waals surface area contributed by atoms with E-state index in [4.69, 9.17) is 25.8 Å². The molecule has 0 saturated carbocycles. The Morgan fingerprint density at radius 3 is 2.47 bits per heavy atom. The van der Waals surface area contributed by atoms with Crippen LogP contribution in [-0.2, 0) is 17.9 Å². The highest BCUT2D eigenvalue weighted by atomic mass is 35.5. The maximum absolute atomic E-state index is 6.56. The first-order valence-electron chi connectivity index (χ1n) is 11.0. The molecule has 5 nitrogen and oxygen atoms in total. The highest BCUT2D eigenvalue weighted by Crippen LogP contribution is 2.31. The van der Waals surface area contributed by atoms with Crippen LogP contribution in [0.15, 0.2) is 66.7 Å². The Morgan fingerprint density at radius 1 is 0.906 bits per heavy atom. The minimum atomic E-state index is 0.506. The van der Waals surface area contributed by atoms with Gasteiger partial charge in [-0.15, -0.1) is 0 Å². The van der Waals surface area contributed by atoms with Gasteiger partial charge in [0, 0.05) is 25.3 Å². The van der Waals surface area contributed by atoms with Crippen molar-refractivity contribution in [1.29, 1.82) is 0 Å². The molecule has 6 heteroatoms. The zero-order chi connectivity index (χ0) is 22.2. The molecule has 4 rings (SSSR count). The predicted octanol–water partition coefficient (Wildman–Crippen LogP) is 5.77. The second kappa shape index (κ2) is 11.1. The number of ether oxygens (including phenoxy) is 3. The lowest BCUT2D eigenvalue weighted by Crippen LogP contribution is -2.36. The highest BCUT2D eigenvalue weighted by Gasteiger charge is 2.14. The zero-order valence-corrected chi connectivity index (χ0v) is 19.1. The zero-order valence-electron chi connectivity index (χ0n) is 18.4. The molecule has 0 radical (unpaired) electrons. The van der Waals surface area contributed by atoms with Gasteiger partial charge in [-0.1, -0.05) is 48.0 Å². The minimum absolute atomic E-state index is 0.506. The van der Waals surface area contributed by atoms with Crippen molar-refractivity contribution in [3.8, 4) is 11.5 Å². The molecule has 32 heavy (non-hydrogen) atoms. The second-order valence-corrected chi connectivity index (χ2v) is 8.01. The summed E-state index contributed by atoms with van der Waals surface area (Å²) in [6, 6.07) is 22.3. The topological polar surface area (TPSA) is 43.0 Å². The highest BCUT2D eigenvalue weighted by molar-refractivity contribution is 6.33. The molecule has 0 aliphatic carbocycles. The van der Waals surface area contributed by atoms with E-state index in [-0.39, 0.29) is 0 Å². The molecule has 0 unspecified atom stereocenters. The Labute approximate surface area is 194 Å². The summed E-state index contributed by atoms with van der Waals surface area (Å²) in [7, 11) is 0. The molecule has 1 saturated heterocycles. The van der Waals surface area contributed by atoms with E-state index in [9.17, 15) is 0 Å². The van der Waals surface area contributed by atoms with E-state index in [1.54, 1.807) is 0 Å². The van der Waals surface area contributed by atoms with Crippen LogP contribution in [0.2, 0.25) is 5.02 Å². The van der Waals surface area contributed by atoms with Crippen molar-refractivity contribution in [3.05, 3.63) is 82.9 Å². The molecule has 168 valence electrons. The maximum atomic E-state index is 6.56. The minimum Gasteiger partial charge on any atom is -0.490 e. The summed E-state index contributed by atoms with van der Waals surface area (Å²) >= 11 is 6.56. The molecular formula is C26H29ClN2O3. The van der Waals surface area contributed by atoms with Crippen LogP contribution < -0.4 is 19.7 Å². The van der Waals surface area contributed by atoms with Gasteiger partial charge in [0.25, 0.3) is 0 Å². The van der Waals surface area contributed by atoms with Crippen LogP contribution in [0.4, 0.5) is 11.4 Å². The number of rotatable bonds is 9. The van der Waals surface area contributed by atoms with Crippen LogP contribution in [0, 0.1) is 0 Å². The maximum Gasteiger partial charge on any atom is 0.161 e. The third-order valence-corrected chi connectivity index (χ3v) is 5.64. The Kier molecular flexibility index (Phi) is 7.75. The summed E-state index contributed by atoms with van der Waals surface area (Å²) < 4.78 is 17.3. The van der Waals surface area contributed by atoms with E-state index < -0.39 is 0 Å². The second-order valence-electron chi connectivity index (χ2n) is 7.61. The molecule has 3 aromatic carbocycles. The van der Waals surface area contributed by atoms with Gasteiger partial charge in [-0.05, 0) is 48.4 Å². The van der Waals surface area contributed by atoms with Crippen molar-refractivity contribution in [3.63, 3.8) is 0 Å². The number of nitrogens with zero attached hydrogens (tertiary/aromatic N) is 1. The monoisotopic (exact) mass is 452 g/mol. The average molecular weight is 453 g/mol. The van der Waals surface area contributed by atoms with Crippen LogP contribution >= 0.6 is 11.6 Å². The van der Waals surface area contributed by atoms with Gasteiger partial charge < -0.3 is 24.4 Å². The molecular weight excluding hydrogens is 424 g/mol. The van der Waals surface area contributed by atoms with Gasteiger partial charge >= 0.3 is 0 Å². The normalized spacial score (nSPS) is 13.6. The van der Waals surface area contributed by atoms with Crippen molar-refractivity contribution in [2.45, 2.75) is 20.1 Å². The van der Waals surface area contributed by atoms with E-state index >= 15 is 0 Å². The standard InChI is InChI=1S/C26H29ClN2O3/c1-2-31-26-16-21(8-11-25(26)32-19-20-6-4-3-5-7-20)18-28-22-9-10-24(23(27)17-22)29-12-14-30-15-13-29/h3-11,16-17,28H,2,12-15,18-19H2,1H3. The number of anilines is 2. The van der Waals surface area contributed by atoms with Crippen molar-refractivity contribution >= 4 is 23.0 Å². The van der Waals surface area contributed by atoms with Gasteiger partial charge in [0.05, 0.1) is 30.5 Å². The van der Waals surface area contributed by atoms with Crippen LogP contribution in [0.25, 0.3) is 0 Å². The van der Waals surface area contributed by atoms with Crippen LogP contribution in [0.3, 0.4) is 0 Å². The third kappa shape index (κ3) is 5.87. The average Bonchev–Trinajstić information content (AvgIpc) is 2.83. The molecule has 1 aliphatic rings. The Morgan fingerprint density at radius 2 is 1.72 bits per heavy atom. The Balaban J connectivity index is 1.39. The van der Waals surface area contributed by atoms with Crippen LogP contribution in [0.5, 0.6) is 11.5 Å². The fourth-order valence-corrected chi connectivity index (χ4v) is 3.97. The van der Waals surface area contributed by atoms with Gasteiger partial charge in [-0.2, -0.15) is 0 Å². The molecule has 1 heterocycles. The number of morpholine rings is 1. The van der Waals surface area contributed by atoms with Crippen molar-refractivity contribution in [2.75, 3.05) is 43.1 Å². The van der Waals surface area contributed by atoms with Gasteiger partial charge in [-0.3, -0.25) is 0 Å². The lowest BCUT2D eigenvalue weighted by atomic mass is 10.2. The van der Waals surface area contributed by atoms with Crippen molar-refractivity contribution in [2.24, 2.45) is 0 Å². The fourth-order valence-electron chi connectivity index (χ4n) is 3.67. The molecule has 0 spiro atoms. The van der Waals surface area contributed by atoms with Gasteiger partial charge in [0.2, 0.25) is 0 Å². The summed E-state index contributed by atoms with van der Waals surface area (Å²) in [6.07, 6.45) is 0. The largest absolute Gasteiger partial charge is 0.490 e. The van der Waals surface area contributed by atoms with Gasteiger partial charge in [0.1, 0.15) is 6.61 Å². The van der Waals surface area contributed by atoms with Crippen LogP contribution in [0.1, 0.15) is 18.1 Å². The first kappa shape index (κ1) is 22.3. The Bertz CT molecular complexity index is 1010. The summed E-state index contributed by atoms with van der Waals surface area (Å²) in [5.41, 5.74) is 4.26. The molecule has 1 N–H and O–H groups in total. The molecule has 0 atom stereocenters. The molecule has 1 fully saturated rings. The van der Waals surface area contributed by atoms with E-state index in [0.29, 0.717) is 19.8 Å². The predicted molar refractivity (Wildman–Crippen MR) is 130 cm³/mol. The SMILES string of the molecule is CCOc1cc(CNc2ccc(N3CCOCC3)c(Cl)c2)ccc1OCc1ccccc1. The number of hydrogen-bond donors (Lipinski definition) is 1. The van der Waals surface area contributed by atoms with E-state index in [1.165, 1.54) is 0 Å². The molecule has 3 aromatic rings. The lowest BCUT2D eigenvalue weighted by Gasteiger charge is -2.29. The van der Waals surface area contributed by atoms with Gasteiger partial charge in [0.15, 0.2) is 11.5 Å². The summed E-state index contributed by atoms with van der Waals surface area (Å²) in [5.74, 6) is 1.50. The summed E-state index contributed by atoms with van der Waals surface area (Å²) in [4.78, 5) is 2.26. The lowest BCUT2D eigenvalue weighted by molar-refractivity contribution is 0.122. The first-order valence-corrected chi connectivity index (χ1v) is 11.4. The smallest absolute Gasteiger partial charge is 0.161 e. The van der Waals surface area contributed by atoms with Gasteiger partial charge in [-0.25, -0.2) is 0 Å². The number of benzene rings is 3. The molecule has 0 aromatic heterocycles. The third-order valence-electron chi connectivity index (χ3n) is 5.34. The van der Waals surface area contributed by atoms with E-state index in [1.807, 2.05) is 55.5 Å². The number of nitrogens with one attached hydrogen (secondary N) is 1. The first-order chi connectivity index (χ1) is 15.7.